The smallest absolute Gasteiger partial charge is 0.266 e. The van der Waals surface area contributed by atoms with Crippen molar-refractivity contribution in [3.05, 3.63) is 40.7 Å². The van der Waals surface area contributed by atoms with Crippen molar-refractivity contribution < 1.29 is 8.42 Å². The molecule has 0 amide bonds. The molecular weight excluding hydrogens is 444 g/mol. The second kappa shape index (κ2) is 10.1. The van der Waals surface area contributed by atoms with Crippen molar-refractivity contribution in [1.82, 2.24) is 14.7 Å². The average molecular weight is 481 g/mol. The number of nitrogens with zero attached hydrogens (tertiary/aromatic N) is 3. The fourth-order valence-electron chi connectivity index (χ4n) is 4.77. The number of hydrogen-bond donors (Lipinski definition) is 1. The normalized spacial score (nSPS) is 22.2. The molecule has 2 aromatic rings. The van der Waals surface area contributed by atoms with E-state index < -0.39 is 10.0 Å². The zero-order valence-corrected chi connectivity index (χ0v) is 21.6. The Kier molecular flexibility index (Phi) is 7.94. The lowest BCUT2D eigenvalue weighted by atomic mass is 9.68. The van der Waals surface area contributed by atoms with Crippen LogP contribution in [0.3, 0.4) is 0 Å². The van der Waals surface area contributed by atoms with E-state index in [0.717, 1.165) is 19.5 Å². The minimum atomic E-state index is -3.83. The van der Waals surface area contributed by atoms with Gasteiger partial charge in [0.15, 0.2) is 0 Å². The van der Waals surface area contributed by atoms with Crippen LogP contribution in [0.1, 0.15) is 64.1 Å². The molecule has 32 heavy (non-hydrogen) atoms. The SMILES string of the molecule is CCCCCCN1CCC(C)(c2cccc(NS(=O)(=O)c3c(C)nn(C)c3Cl)c2)C(C)C1. The number of aryl methyl sites for hydroxylation is 2. The predicted molar refractivity (Wildman–Crippen MR) is 132 cm³/mol. The van der Waals surface area contributed by atoms with E-state index in [9.17, 15) is 8.42 Å². The highest BCUT2D eigenvalue weighted by Crippen LogP contribution is 2.40. The molecule has 0 radical (unpaired) electrons. The van der Waals surface area contributed by atoms with Crippen molar-refractivity contribution in [3.63, 3.8) is 0 Å². The fraction of sp³-hybridized carbons (Fsp3) is 0.625. The Morgan fingerprint density at radius 2 is 2.03 bits per heavy atom. The van der Waals surface area contributed by atoms with Crippen LogP contribution in [-0.4, -0.2) is 42.7 Å². The Morgan fingerprint density at radius 1 is 1.28 bits per heavy atom. The van der Waals surface area contributed by atoms with Gasteiger partial charge in [-0.1, -0.05) is 63.8 Å². The van der Waals surface area contributed by atoms with Crippen molar-refractivity contribution >= 4 is 27.3 Å². The first-order chi connectivity index (χ1) is 15.1. The maximum Gasteiger partial charge on any atom is 0.266 e. The van der Waals surface area contributed by atoms with Crippen LogP contribution in [0.2, 0.25) is 5.15 Å². The lowest BCUT2D eigenvalue weighted by Crippen LogP contribution is -2.47. The van der Waals surface area contributed by atoms with Crippen molar-refractivity contribution in [3.8, 4) is 0 Å². The summed E-state index contributed by atoms with van der Waals surface area (Å²) in [6, 6.07) is 7.82. The number of nitrogens with one attached hydrogen (secondary N) is 1. The van der Waals surface area contributed by atoms with Gasteiger partial charge in [0.05, 0.1) is 5.69 Å². The van der Waals surface area contributed by atoms with Gasteiger partial charge in [-0.25, -0.2) is 8.42 Å². The lowest BCUT2D eigenvalue weighted by molar-refractivity contribution is 0.109. The number of hydrogen-bond acceptors (Lipinski definition) is 4. The zero-order chi connectivity index (χ0) is 23.5. The highest BCUT2D eigenvalue weighted by molar-refractivity contribution is 7.92. The molecule has 1 fully saturated rings. The largest absolute Gasteiger partial charge is 0.303 e. The van der Waals surface area contributed by atoms with Gasteiger partial charge in [0.25, 0.3) is 10.0 Å². The number of benzene rings is 1. The number of anilines is 1. The summed E-state index contributed by atoms with van der Waals surface area (Å²) in [5.74, 6) is 0.476. The van der Waals surface area contributed by atoms with Gasteiger partial charge in [0.1, 0.15) is 10.0 Å². The fourth-order valence-corrected chi connectivity index (χ4v) is 6.57. The molecule has 1 aromatic heterocycles. The van der Waals surface area contributed by atoms with Crippen LogP contribution in [0.25, 0.3) is 0 Å². The molecule has 0 spiro atoms. The van der Waals surface area contributed by atoms with Crippen molar-refractivity contribution in [1.29, 1.82) is 0 Å². The highest BCUT2D eigenvalue weighted by atomic mass is 35.5. The molecule has 0 aliphatic carbocycles. The van der Waals surface area contributed by atoms with Crippen LogP contribution in [0.5, 0.6) is 0 Å². The number of sulfonamides is 1. The van der Waals surface area contributed by atoms with Crippen LogP contribution in [0.15, 0.2) is 29.2 Å². The van der Waals surface area contributed by atoms with Gasteiger partial charge in [-0.05, 0) is 61.9 Å². The Morgan fingerprint density at radius 3 is 2.66 bits per heavy atom. The predicted octanol–water partition coefficient (Wildman–Crippen LogP) is 5.36. The summed E-state index contributed by atoms with van der Waals surface area (Å²) in [7, 11) is -2.20. The van der Waals surface area contributed by atoms with Crippen LogP contribution >= 0.6 is 11.6 Å². The van der Waals surface area contributed by atoms with Gasteiger partial charge in [-0.3, -0.25) is 9.40 Å². The van der Waals surface area contributed by atoms with E-state index in [1.54, 1.807) is 20.0 Å². The molecule has 178 valence electrons. The molecule has 2 heterocycles. The molecule has 1 aliphatic heterocycles. The summed E-state index contributed by atoms with van der Waals surface area (Å²) in [5, 5.41) is 4.24. The van der Waals surface area contributed by atoms with Crippen LogP contribution < -0.4 is 4.72 Å². The van der Waals surface area contributed by atoms with E-state index in [2.05, 4.69) is 41.6 Å². The van der Waals surface area contributed by atoms with Crippen LogP contribution in [0, 0.1) is 12.8 Å². The van der Waals surface area contributed by atoms with E-state index in [-0.39, 0.29) is 15.5 Å². The molecule has 0 bridgehead atoms. The van der Waals surface area contributed by atoms with E-state index in [4.69, 9.17) is 11.6 Å². The Hall–Kier alpha value is -1.57. The van der Waals surface area contributed by atoms with Crippen LogP contribution in [0.4, 0.5) is 5.69 Å². The topological polar surface area (TPSA) is 67.2 Å². The molecule has 2 unspecified atom stereocenters. The quantitative estimate of drug-likeness (QED) is 0.490. The summed E-state index contributed by atoms with van der Waals surface area (Å²) in [5.41, 5.74) is 2.11. The number of likely N-dealkylation sites (tertiary alicyclic amines) is 1. The van der Waals surface area contributed by atoms with Crippen molar-refractivity contribution in [2.75, 3.05) is 24.4 Å². The molecule has 0 saturated carbocycles. The van der Waals surface area contributed by atoms with E-state index in [0.29, 0.717) is 17.3 Å². The third-order valence-corrected chi connectivity index (χ3v) is 9.11. The molecule has 1 aliphatic rings. The maximum absolute atomic E-state index is 13.0. The van der Waals surface area contributed by atoms with E-state index >= 15 is 0 Å². The van der Waals surface area contributed by atoms with Crippen LogP contribution in [-0.2, 0) is 22.5 Å². The number of rotatable bonds is 9. The lowest BCUT2D eigenvalue weighted by Gasteiger charge is -2.45. The first-order valence-electron chi connectivity index (χ1n) is 11.6. The molecule has 1 aromatic carbocycles. The Bertz CT molecular complexity index is 1040. The molecule has 1 N–H and O–H groups in total. The summed E-state index contributed by atoms with van der Waals surface area (Å²) in [6.07, 6.45) is 6.21. The number of aromatic nitrogens is 2. The van der Waals surface area contributed by atoms with Gasteiger partial charge in [0.2, 0.25) is 0 Å². The number of unbranched alkanes of at least 4 members (excludes halogenated alkanes) is 3. The van der Waals surface area contributed by atoms with Crippen molar-refractivity contribution in [2.24, 2.45) is 13.0 Å². The number of piperidine rings is 1. The second-order valence-electron chi connectivity index (χ2n) is 9.45. The minimum absolute atomic E-state index is 0.00321. The number of halogens is 1. The highest BCUT2D eigenvalue weighted by Gasteiger charge is 2.38. The Labute approximate surface area is 198 Å². The average Bonchev–Trinajstić information content (AvgIpc) is 3.00. The zero-order valence-electron chi connectivity index (χ0n) is 20.0. The van der Waals surface area contributed by atoms with Gasteiger partial charge < -0.3 is 4.90 Å². The Balaban J connectivity index is 1.74. The third kappa shape index (κ3) is 5.32. The molecule has 1 saturated heterocycles. The standard InChI is InChI=1S/C24H37ClN4O2S/c1-6-7-8-9-14-29-15-13-24(4,18(2)17-29)20-11-10-12-21(16-20)27-32(30,31)22-19(3)26-28(5)23(22)25/h10-12,16,18,27H,6-9,13-15,17H2,1-5H3. The third-order valence-electron chi connectivity index (χ3n) is 7.04. The van der Waals surface area contributed by atoms with Gasteiger partial charge in [-0.2, -0.15) is 5.10 Å². The molecule has 6 nitrogen and oxygen atoms in total. The van der Waals surface area contributed by atoms with Gasteiger partial charge in [-0.15, -0.1) is 0 Å². The molecule has 3 rings (SSSR count). The monoisotopic (exact) mass is 480 g/mol. The first-order valence-corrected chi connectivity index (χ1v) is 13.5. The molecule has 2 atom stereocenters. The first kappa shape index (κ1) is 25.1. The summed E-state index contributed by atoms with van der Waals surface area (Å²) >= 11 is 6.20. The maximum atomic E-state index is 13.0. The van der Waals surface area contributed by atoms with E-state index in [1.165, 1.54) is 42.5 Å². The van der Waals surface area contributed by atoms with Gasteiger partial charge in [0, 0.05) is 19.3 Å². The molecule has 8 heteroatoms. The molecular formula is C24H37ClN4O2S. The summed E-state index contributed by atoms with van der Waals surface area (Å²) in [6.45, 7) is 11.8. The second-order valence-corrected chi connectivity index (χ2v) is 11.4. The van der Waals surface area contributed by atoms with Crippen molar-refractivity contribution in [2.45, 2.75) is 70.1 Å². The summed E-state index contributed by atoms with van der Waals surface area (Å²) < 4.78 is 30.1. The minimum Gasteiger partial charge on any atom is -0.303 e. The van der Waals surface area contributed by atoms with Gasteiger partial charge >= 0.3 is 0 Å². The van der Waals surface area contributed by atoms with E-state index in [1.807, 2.05) is 12.1 Å². The summed E-state index contributed by atoms with van der Waals surface area (Å²) in [4.78, 5) is 2.62.